The molecule has 1 heterocycles. The van der Waals surface area contributed by atoms with Crippen LogP contribution in [-0.4, -0.2) is 27.1 Å². The maximum Gasteiger partial charge on any atom is 0.348 e. The molecular weight excluding hydrogens is 258 g/mol. The Morgan fingerprint density at radius 1 is 1.42 bits per heavy atom. The minimum Gasteiger partial charge on any atom is -0.481 e. The summed E-state index contributed by atoms with van der Waals surface area (Å²) >= 11 is 0. The van der Waals surface area contributed by atoms with Crippen LogP contribution in [0.2, 0.25) is 0 Å². The van der Waals surface area contributed by atoms with Gasteiger partial charge in [0.05, 0.1) is 12.5 Å². The number of hydrogen-bond donors (Lipinski definition) is 1. The first-order valence-corrected chi connectivity index (χ1v) is 5.82. The maximum atomic E-state index is 12.4. The van der Waals surface area contributed by atoms with E-state index in [2.05, 4.69) is 4.98 Å². The fourth-order valence-corrected chi connectivity index (χ4v) is 1.88. The minimum atomic E-state index is -2.66. The number of carbonyl (C=O) groups is 1. The molecule has 0 bridgehead atoms. The lowest BCUT2D eigenvalue weighted by Crippen LogP contribution is -2.30. The first-order chi connectivity index (χ1) is 8.73. The summed E-state index contributed by atoms with van der Waals surface area (Å²) in [5.74, 6) is -1.65. The molecule has 0 aromatic carbocycles. The summed E-state index contributed by atoms with van der Waals surface area (Å²) in [6.07, 6.45) is -2.51. The fraction of sp³-hybridized carbons (Fsp3) is 0.583. The van der Waals surface area contributed by atoms with Gasteiger partial charge in [0.2, 0.25) is 0 Å². The molecule has 106 valence electrons. The van der Waals surface area contributed by atoms with Gasteiger partial charge in [0.15, 0.2) is 0 Å². The van der Waals surface area contributed by atoms with Crippen LogP contribution >= 0.6 is 0 Å². The van der Waals surface area contributed by atoms with E-state index in [4.69, 9.17) is 5.11 Å². The van der Waals surface area contributed by atoms with Gasteiger partial charge in [-0.1, -0.05) is 6.92 Å². The molecule has 7 heteroatoms. The lowest BCUT2D eigenvalue weighted by molar-refractivity contribution is -0.141. The summed E-state index contributed by atoms with van der Waals surface area (Å²) in [4.78, 5) is 26.1. The summed E-state index contributed by atoms with van der Waals surface area (Å²) in [7, 11) is 0. The molecule has 0 radical (unpaired) electrons. The predicted molar refractivity (Wildman–Crippen MR) is 64.5 cm³/mol. The molecule has 0 amide bonds. The van der Waals surface area contributed by atoms with Gasteiger partial charge >= 0.3 is 11.7 Å². The zero-order chi connectivity index (χ0) is 14.7. The van der Waals surface area contributed by atoms with Crippen molar-refractivity contribution < 1.29 is 18.7 Å². The molecule has 0 spiro atoms. The van der Waals surface area contributed by atoms with Crippen molar-refractivity contribution in [1.29, 1.82) is 0 Å². The summed E-state index contributed by atoms with van der Waals surface area (Å²) in [5.41, 5.74) is 0.546. The first-order valence-electron chi connectivity index (χ1n) is 5.82. The third-order valence-electron chi connectivity index (χ3n) is 3.03. The van der Waals surface area contributed by atoms with E-state index in [0.717, 1.165) is 4.57 Å². The van der Waals surface area contributed by atoms with Gasteiger partial charge in [-0.05, 0) is 25.8 Å². The Hall–Kier alpha value is -1.79. The second-order valence-corrected chi connectivity index (χ2v) is 4.49. The van der Waals surface area contributed by atoms with E-state index in [0.29, 0.717) is 17.0 Å². The Morgan fingerprint density at radius 2 is 2.00 bits per heavy atom. The van der Waals surface area contributed by atoms with Crippen LogP contribution in [0.5, 0.6) is 0 Å². The maximum absolute atomic E-state index is 12.4. The number of halogens is 2. The molecule has 1 aromatic heterocycles. The summed E-state index contributed by atoms with van der Waals surface area (Å²) < 4.78 is 25.7. The number of nitrogens with zero attached hydrogens (tertiary/aromatic N) is 2. The van der Waals surface area contributed by atoms with Gasteiger partial charge in [-0.25, -0.2) is 13.6 Å². The van der Waals surface area contributed by atoms with Crippen molar-refractivity contribution in [3.63, 3.8) is 0 Å². The van der Waals surface area contributed by atoms with Crippen molar-refractivity contribution in [2.75, 3.05) is 0 Å². The number of hydrogen-bond acceptors (Lipinski definition) is 3. The SMILES string of the molecule is Cc1nc(=O)n(CC(F)F)c(C)c1CC(C)C(=O)O. The molecule has 0 aliphatic carbocycles. The van der Waals surface area contributed by atoms with Crippen LogP contribution in [0.4, 0.5) is 8.78 Å². The minimum absolute atomic E-state index is 0.156. The fourth-order valence-electron chi connectivity index (χ4n) is 1.88. The van der Waals surface area contributed by atoms with Gasteiger partial charge < -0.3 is 5.11 Å². The molecule has 1 aromatic rings. The highest BCUT2D eigenvalue weighted by atomic mass is 19.3. The number of aromatic nitrogens is 2. The van der Waals surface area contributed by atoms with Crippen LogP contribution < -0.4 is 5.69 Å². The molecule has 1 atom stereocenters. The third-order valence-corrected chi connectivity index (χ3v) is 3.03. The molecular formula is C12H16F2N2O3. The van der Waals surface area contributed by atoms with Crippen LogP contribution in [0, 0.1) is 19.8 Å². The van der Waals surface area contributed by atoms with E-state index in [1.165, 1.54) is 13.8 Å². The Balaban J connectivity index is 3.25. The summed E-state index contributed by atoms with van der Waals surface area (Å²) in [6.45, 7) is 3.89. The van der Waals surface area contributed by atoms with Crippen molar-refractivity contribution in [3.8, 4) is 0 Å². The molecule has 0 fully saturated rings. The normalized spacial score (nSPS) is 12.7. The number of carboxylic acid groups (broad SMARTS) is 1. The van der Waals surface area contributed by atoms with Gasteiger partial charge in [-0.15, -0.1) is 0 Å². The summed E-state index contributed by atoms with van der Waals surface area (Å²) in [5, 5.41) is 8.89. The second kappa shape index (κ2) is 5.90. The summed E-state index contributed by atoms with van der Waals surface area (Å²) in [6, 6.07) is 0. The Labute approximate surface area is 108 Å². The third kappa shape index (κ3) is 3.59. The highest BCUT2D eigenvalue weighted by Gasteiger charge is 2.19. The molecule has 1 N–H and O–H groups in total. The molecule has 19 heavy (non-hydrogen) atoms. The van der Waals surface area contributed by atoms with Gasteiger partial charge in [0.1, 0.15) is 0 Å². The zero-order valence-corrected chi connectivity index (χ0v) is 11.0. The van der Waals surface area contributed by atoms with Crippen LogP contribution in [-0.2, 0) is 17.8 Å². The monoisotopic (exact) mass is 274 g/mol. The zero-order valence-electron chi connectivity index (χ0n) is 11.0. The average Bonchev–Trinajstić information content (AvgIpc) is 2.29. The van der Waals surface area contributed by atoms with Crippen LogP contribution in [0.25, 0.3) is 0 Å². The molecule has 1 rings (SSSR count). The van der Waals surface area contributed by atoms with E-state index >= 15 is 0 Å². The second-order valence-electron chi connectivity index (χ2n) is 4.49. The van der Waals surface area contributed by atoms with Crippen molar-refractivity contribution in [2.24, 2.45) is 5.92 Å². The molecule has 5 nitrogen and oxygen atoms in total. The number of rotatable bonds is 5. The first kappa shape index (κ1) is 15.3. The Kier molecular flexibility index (Phi) is 4.74. The number of aliphatic carboxylic acids is 1. The van der Waals surface area contributed by atoms with Gasteiger partial charge in [0, 0.05) is 11.4 Å². The predicted octanol–water partition coefficient (Wildman–Crippen LogP) is 1.39. The van der Waals surface area contributed by atoms with Crippen molar-refractivity contribution in [3.05, 3.63) is 27.4 Å². The molecule has 0 saturated carbocycles. The van der Waals surface area contributed by atoms with Crippen molar-refractivity contribution in [1.82, 2.24) is 9.55 Å². The van der Waals surface area contributed by atoms with E-state index in [1.54, 1.807) is 6.92 Å². The van der Waals surface area contributed by atoms with E-state index in [-0.39, 0.29) is 6.42 Å². The number of alkyl halides is 2. The highest BCUT2D eigenvalue weighted by Crippen LogP contribution is 2.16. The number of carboxylic acids is 1. The van der Waals surface area contributed by atoms with Crippen molar-refractivity contribution in [2.45, 2.75) is 40.2 Å². The van der Waals surface area contributed by atoms with Crippen molar-refractivity contribution >= 4 is 5.97 Å². The Bertz CT molecular complexity index is 541. The van der Waals surface area contributed by atoms with Crippen LogP contribution in [0.15, 0.2) is 4.79 Å². The lowest BCUT2D eigenvalue weighted by Gasteiger charge is -2.16. The molecule has 0 aliphatic heterocycles. The van der Waals surface area contributed by atoms with Gasteiger partial charge in [-0.2, -0.15) is 4.98 Å². The molecule has 0 saturated heterocycles. The van der Waals surface area contributed by atoms with Crippen LogP contribution in [0.3, 0.4) is 0 Å². The molecule has 1 unspecified atom stereocenters. The van der Waals surface area contributed by atoms with Crippen LogP contribution in [0.1, 0.15) is 23.9 Å². The lowest BCUT2D eigenvalue weighted by atomic mass is 9.99. The van der Waals surface area contributed by atoms with Gasteiger partial charge in [-0.3, -0.25) is 9.36 Å². The largest absolute Gasteiger partial charge is 0.481 e. The standard InChI is InChI=1S/C12H16F2N2O3/c1-6(11(17)18)4-9-7(2)15-12(19)16(8(9)3)5-10(13)14/h6,10H,4-5H2,1-3H3,(H,17,18). The number of aryl methyl sites for hydroxylation is 1. The Morgan fingerprint density at radius 3 is 2.47 bits per heavy atom. The van der Waals surface area contributed by atoms with E-state index in [1.807, 2.05) is 0 Å². The van der Waals surface area contributed by atoms with E-state index in [9.17, 15) is 18.4 Å². The topological polar surface area (TPSA) is 72.2 Å². The average molecular weight is 274 g/mol. The smallest absolute Gasteiger partial charge is 0.348 e. The highest BCUT2D eigenvalue weighted by molar-refractivity contribution is 5.70. The molecule has 0 aliphatic rings. The van der Waals surface area contributed by atoms with Gasteiger partial charge in [0.25, 0.3) is 6.43 Å². The van der Waals surface area contributed by atoms with E-state index < -0.39 is 30.5 Å². The quantitative estimate of drug-likeness (QED) is 0.880.